The van der Waals surface area contributed by atoms with Crippen LogP contribution in [-0.4, -0.2) is 33.9 Å². The van der Waals surface area contributed by atoms with Crippen LogP contribution >= 0.6 is 0 Å². The molecule has 1 heterocycles. The summed E-state index contributed by atoms with van der Waals surface area (Å²) in [6.07, 6.45) is 2.02. The first-order chi connectivity index (χ1) is 7.65. The molecular formula is C10H18N4O2. The minimum Gasteiger partial charge on any atom is -0.466 e. The lowest BCUT2D eigenvalue weighted by molar-refractivity contribution is -0.143. The van der Waals surface area contributed by atoms with Crippen LogP contribution in [-0.2, 0) is 16.6 Å². The Labute approximate surface area is 95.0 Å². The Morgan fingerprint density at radius 3 is 3.00 bits per heavy atom. The molecule has 0 aliphatic rings. The van der Waals surface area contributed by atoms with Crippen molar-refractivity contribution in [2.24, 2.45) is 7.05 Å². The van der Waals surface area contributed by atoms with Gasteiger partial charge in [0.1, 0.15) is 12.2 Å². The van der Waals surface area contributed by atoms with Crippen molar-refractivity contribution in [3.8, 4) is 0 Å². The molecule has 0 fully saturated rings. The van der Waals surface area contributed by atoms with Crippen molar-refractivity contribution in [2.75, 3.05) is 13.2 Å². The summed E-state index contributed by atoms with van der Waals surface area (Å²) in [4.78, 5) is 11.1. The zero-order valence-electron chi connectivity index (χ0n) is 9.93. The number of hydrogen-bond donors (Lipinski definition) is 1. The number of nitrogens with one attached hydrogen (secondary N) is 1. The first-order valence-corrected chi connectivity index (χ1v) is 5.38. The summed E-state index contributed by atoms with van der Waals surface area (Å²) in [5.74, 6) is 0.670. The van der Waals surface area contributed by atoms with Crippen LogP contribution in [0.2, 0.25) is 0 Å². The molecule has 0 amide bonds. The van der Waals surface area contributed by atoms with Gasteiger partial charge in [-0.3, -0.25) is 4.79 Å². The van der Waals surface area contributed by atoms with Crippen LogP contribution in [0, 0.1) is 0 Å². The monoisotopic (exact) mass is 226 g/mol. The Morgan fingerprint density at radius 1 is 1.69 bits per heavy atom. The van der Waals surface area contributed by atoms with Crippen LogP contribution in [0.3, 0.4) is 0 Å². The zero-order valence-corrected chi connectivity index (χ0v) is 9.93. The van der Waals surface area contributed by atoms with E-state index in [4.69, 9.17) is 4.74 Å². The molecular weight excluding hydrogens is 208 g/mol. The first kappa shape index (κ1) is 12.6. The molecule has 6 heteroatoms. The van der Waals surface area contributed by atoms with E-state index < -0.39 is 0 Å². The molecule has 1 aromatic rings. The van der Waals surface area contributed by atoms with Crippen molar-refractivity contribution in [3.05, 3.63) is 12.2 Å². The number of carbonyl (C=O) groups excluding carboxylic acids is 1. The van der Waals surface area contributed by atoms with Crippen LogP contribution < -0.4 is 5.32 Å². The molecule has 90 valence electrons. The smallest absolute Gasteiger partial charge is 0.307 e. The normalized spacial score (nSPS) is 12.4. The van der Waals surface area contributed by atoms with Crippen molar-refractivity contribution >= 4 is 5.97 Å². The second kappa shape index (κ2) is 6.22. The molecule has 1 N–H and O–H groups in total. The summed E-state index contributed by atoms with van der Waals surface area (Å²) in [6.45, 7) is 4.78. The first-order valence-electron chi connectivity index (χ1n) is 5.38. The summed E-state index contributed by atoms with van der Waals surface area (Å²) in [5, 5.41) is 11.0. The van der Waals surface area contributed by atoms with Gasteiger partial charge in [-0.05, 0) is 13.8 Å². The molecule has 1 aromatic heterocycles. The van der Waals surface area contributed by atoms with E-state index in [1.807, 2.05) is 18.5 Å². The van der Waals surface area contributed by atoms with Crippen LogP contribution in [0.5, 0.6) is 0 Å². The minimum absolute atomic E-state index is 0.0712. The van der Waals surface area contributed by atoms with Gasteiger partial charge in [0.2, 0.25) is 0 Å². The van der Waals surface area contributed by atoms with E-state index in [0.29, 0.717) is 19.6 Å². The Kier molecular flexibility index (Phi) is 4.91. The molecule has 0 bridgehead atoms. The predicted molar refractivity (Wildman–Crippen MR) is 58.7 cm³/mol. The maximum atomic E-state index is 11.1. The highest BCUT2D eigenvalue weighted by atomic mass is 16.5. The standard InChI is InChI=1S/C10H18N4O2/c1-4-16-9(15)5-6-11-8(2)10-13-12-7-14(10)3/h7-8,11H,4-6H2,1-3H3. The molecule has 16 heavy (non-hydrogen) atoms. The van der Waals surface area contributed by atoms with Gasteiger partial charge in [0, 0.05) is 13.6 Å². The molecule has 0 saturated heterocycles. The summed E-state index contributed by atoms with van der Waals surface area (Å²) >= 11 is 0. The molecule has 0 aliphatic carbocycles. The lowest BCUT2D eigenvalue weighted by atomic mass is 10.3. The van der Waals surface area contributed by atoms with Gasteiger partial charge < -0.3 is 14.6 Å². The number of aryl methyl sites for hydroxylation is 1. The molecule has 0 saturated carbocycles. The molecule has 0 aromatic carbocycles. The van der Waals surface area contributed by atoms with Gasteiger partial charge in [0.15, 0.2) is 0 Å². The van der Waals surface area contributed by atoms with Gasteiger partial charge in [-0.2, -0.15) is 0 Å². The Hall–Kier alpha value is -1.43. The molecule has 1 unspecified atom stereocenters. The SMILES string of the molecule is CCOC(=O)CCNC(C)c1nncn1C. The van der Waals surface area contributed by atoms with Gasteiger partial charge in [-0.15, -0.1) is 10.2 Å². The van der Waals surface area contributed by atoms with Crippen LogP contribution in [0.4, 0.5) is 0 Å². The summed E-state index contributed by atoms with van der Waals surface area (Å²) in [7, 11) is 1.89. The van der Waals surface area contributed by atoms with E-state index in [2.05, 4.69) is 15.5 Å². The summed E-state index contributed by atoms with van der Waals surface area (Å²) < 4.78 is 6.68. The Morgan fingerprint density at radius 2 is 2.44 bits per heavy atom. The number of rotatable bonds is 6. The molecule has 0 spiro atoms. The van der Waals surface area contributed by atoms with Gasteiger partial charge >= 0.3 is 5.97 Å². The second-order valence-electron chi connectivity index (χ2n) is 3.53. The van der Waals surface area contributed by atoms with Crippen LogP contribution in [0.15, 0.2) is 6.33 Å². The third-order valence-corrected chi connectivity index (χ3v) is 2.22. The molecule has 6 nitrogen and oxygen atoms in total. The number of hydrogen-bond acceptors (Lipinski definition) is 5. The topological polar surface area (TPSA) is 69.0 Å². The second-order valence-corrected chi connectivity index (χ2v) is 3.53. The van der Waals surface area contributed by atoms with Crippen LogP contribution in [0.25, 0.3) is 0 Å². The maximum Gasteiger partial charge on any atom is 0.307 e. The highest BCUT2D eigenvalue weighted by Gasteiger charge is 2.11. The van der Waals surface area contributed by atoms with Gasteiger partial charge in [-0.1, -0.05) is 0 Å². The van der Waals surface area contributed by atoms with Gasteiger partial charge in [0.05, 0.1) is 19.1 Å². The zero-order chi connectivity index (χ0) is 12.0. The van der Waals surface area contributed by atoms with Crippen molar-refractivity contribution in [3.63, 3.8) is 0 Å². The highest BCUT2D eigenvalue weighted by molar-refractivity contribution is 5.69. The number of carbonyl (C=O) groups is 1. The molecule has 1 rings (SSSR count). The van der Waals surface area contributed by atoms with E-state index in [9.17, 15) is 4.79 Å². The average Bonchev–Trinajstić information content (AvgIpc) is 2.64. The minimum atomic E-state index is -0.180. The average molecular weight is 226 g/mol. The highest BCUT2D eigenvalue weighted by Crippen LogP contribution is 2.06. The third kappa shape index (κ3) is 3.62. The van der Waals surface area contributed by atoms with Crippen molar-refractivity contribution < 1.29 is 9.53 Å². The van der Waals surface area contributed by atoms with Gasteiger partial charge in [-0.25, -0.2) is 0 Å². The molecule has 0 aliphatic heterocycles. The number of nitrogens with zero attached hydrogens (tertiary/aromatic N) is 3. The number of aromatic nitrogens is 3. The molecule has 0 radical (unpaired) electrons. The maximum absolute atomic E-state index is 11.1. The lowest BCUT2D eigenvalue weighted by Crippen LogP contribution is -2.24. The van der Waals surface area contributed by atoms with Crippen molar-refractivity contribution in [1.82, 2.24) is 20.1 Å². The number of esters is 1. The molecule has 1 atom stereocenters. The van der Waals surface area contributed by atoms with Crippen molar-refractivity contribution in [2.45, 2.75) is 26.3 Å². The van der Waals surface area contributed by atoms with Crippen molar-refractivity contribution in [1.29, 1.82) is 0 Å². The Bertz CT molecular complexity index is 337. The fourth-order valence-electron chi connectivity index (χ4n) is 1.40. The van der Waals surface area contributed by atoms with E-state index in [-0.39, 0.29) is 12.0 Å². The quantitative estimate of drug-likeness (QED) is 0.712. The number of ether oxygens (including phenoxy) is 1. The van der Waals surface area contributed by atoms with Crippen LogP contribution in [0.1, 0.15) is 32.1 Å². The van der Waals surface area contributed by atoms with E-state index in [1.165, 1.54) is 0 Å². The fraction of sp³-hybridized carbons (Fsp3) is 0.700. The third-order valence-electron chi connectivity index (χ3n) is 2.22. The summed E-state index contributed by atoms with van der Waals surface area (Å²) in [5.41, 5.74) is 0. The Balaban J connectivity index is 2.28. The lowest BCUT2D eigenvalue weighted by Gasteiger charge is -2.12. The van der Waals surface area contributed by atoms with E-state index >= 15 is 0 Å². The largest absolute Gasteiger partial charge is 0.466 e. The summed E-state index contributed by atoms with van der Waals surface area (Å²) in [6, 6.07) is 0.0712. The van der Waals surface area contributed by atoms with E-state index in [0.717, 1.165) is 5.82 Å². The van der Waals surface area contributed by atoms with E-state index in [1.54, 1.807) is 13.3 Å². The predicted octanol–water partition coefficient (Wildman–Crippen LogP) is 0.419. The fourth-order valence-corrected chi connectivity index (χ4v) is 1.40. The van der Waals surface area contributed by atoms with Gasteiger partial charge in [0.25, 0.3) is 0 Å².